The van der Waals surface area contributed by atoms with Crippen molar-refractivity contribution < 1.29 is 4.42 Å². The molecule has 0 spiro atoms. The van der Waals surface area contributed by atoms with Crippen LogP contribution >= 0.6 is 0 Å². The fourth-order valence-electron chi connectivity index (χ4n) is 2.18. The van der Waals surface area contributed by atoms with Gasteiger partial charge < -0.3 is 9.73 Å². The fraction of sp³-hybridized carbons (Fsp3) is 0.636. The summed E-state index contributed by atoms with van der Waals surface area (Å²) in [5.74, 6) is 1.13. The molecule has 13 heavy (non-hydrogen) atoms. The highest BCUT2D eigenvalue weighted by atomic mass is 16.3. The molecule has 0 amide bonds. The lowest BCUT2D eigenvalue weighted by Crippen LogP contribution is -2.54. The van der Waals surface area contributed by atoms with Crippen LogP contribution in [0.2, 0.25) is 0 Å². The van der Waals surface area contributed by atoms with Crippen LogP contribution in [-0.2, 0) is 6.42 Å². The van der Waals surface area contributed by atoms with E-state index in [1.807, 2.05) is 6.07 Å². The average Bonchev–Trinajstić information content (AvgIpc) is 2.53. The van der Waals surface area contributed by atoms with Gasteiger partial charge in [-0.15, -0.1) is 0 Å². The topological polar surface area (TPSA) is 25.2 Å². The standard InChI is InChI=1S/C11H17NO/c1-2-5-11(8-12-9-11)7-10-4-3-6-13-10/h3-4,6,12H,2,5,7-9H2,1H3. The smallest absolute Gasteiger partial charge is 0.104 e. The van der Waals surface area contributed by atoms with E-state index in [1.165, 1.54) is 12.8 Å². The first kappa shape index (κ1) is 8.82. The molecule has 0 unspecified atom stereocenters. The van der Waals surface area contributed by atoms with Crippen molar-refractivity contribution in [1.29, 1.82) is 0 Å². The van der Waals surface area contributed by atoms with E-state index in [-0.39, 0.29) is 0 Å². The van der Waals surface area contributed by atoms with Crippen LogP contribution in [0.5, 0.6) is 0 Å². The molecule has 1 N–H and O–H groups in total. The second kappa shape index (κ2) is 3.54. The summed E-state index contributed by atoms with van der Waals surface area (Å²) < 4.78 is 5.38. The van der Waals surface area contributed by atoms with Gasteiger partial charge in [-0.2, -0.15) is 0 Å². The summed E-state index contributed by atoms with van der Waals surface area (Å²) >= 11 is 0. The Morgan fingerprint density at radius 3 is 2.85 bits per heavy atom. The van der Waals surface area contributed by atoms with Crippen LogP contribution in [0.4, 0.5) is 0 Å². The van der Waals surface area contributed by atoms with Crippen LogP contribution in [0.1, 0.15) is 25.5 Å². The maximum absolute atomic E-state index is 5.38. The molecular formula is C11H17NO. The number of hydrogen-bond acceptors (Lipinski definition) is 2. The lowest BCUT2D eigenvalue weighted by Gasteiger charge is -2.42. The van der Waals surface area contributed by atoms with Crippen molar-refractivity contribution in [1.82, 2.24) is 5.32 Å². The average molecular weight is 179 g/mol. The van der Waals surface area contributed by atoms with Crippen LogP contribution in [0, 0.1) is 5.41 Å². The molecule has 0 atom stereocenters. The second-order valence-corrected chi connectivity index (χ2v) is 4.11. The van der Waals surface area contributed by atoms with Gasteiger partial charge in [-0.25, -0.2) is 0 Å². The van der Waals surface area contributed by atoms with Crippen molar-refractivity contribution in [2.24, 2.45) is 5.41 Å². The number of furan rings is 1. The molecule has 0 aliphatic carbocycles. The zero-order valence-electron chi connectivity index (χ0n) is 8.18. The summed E-state index contributed by atoms with van der Waals surface area (Å²) in [6, 6.07) is 4.05. The summed E-state index contributed by atoms with van der Waals surface area (Å²) in [6.45, 7) is 4.56. The minimum absolute atomic E-state index is 0.493. The van der Waals surface area contributed by atoms with Crippen LogP contribution < -0.4 is 5.32 Å². The van der Waals surface area contributed by atoms with Crippen molar-refractivity contribution in [2.45, 2.75) is 26.2 Å². The van der Waals surface area contributed by atoms with Gasteiger partial charge in [-0.1, -0.05) is 13.3 Å². The first-order chi connectivity index (χ1) is 6.35. The third-order valence-electron chi connectivity index (χ3n) is 2.91. The third kappa shape index (κ3) is 1.78. The third-order valence-corrected chi connectivity index (χ3v) is 2.91. The van der Waals surface area contributed by atoms with Crippen LogP contribution in [0.25, 0.3) is 0 Å². The molecule has 0 aromatic carbocycles. The maximum atomic E-state index is 5.38. The lowest BCUT2D eigenvalue weighted by atomic mass is 9.74. The predicted molar refractivity (Wildman–Crippen MR) is 52.6 cm³/mol. The van der Waals surface area contributed by atoms with Crippen molar-refractivity contribution in [3.05, 3.63) is 24.2 Å². The van der Waals surface area contributed by atoms with E-state index in [0.717, 1.165) is 25.3 Å². The van der Waals surface area contributed by atoms with Gasteiger partial charge in [-0.3, -0.25) is 0 Å². The van der Waals surface area contributed by atoms with Crippen LogP contribution in [0.15, 0.2) is 22.8 Å². The molecule has 0 saturated carbocycles. The summed E-state index contributed by atoms with van der Waals surface area (Å²) in [4.78, 5) is 0. The highest BCUT2D eigenvalue weighted by molar-refractivity contribution is 5.06. The maximum Gasteiger partial charge on any atom is 0.104 e. The lowest BCUT2D eigenvalue weighted by molar-refractivity contribution is 0.141. The molecule has 2 nitrogen and oxygen atoms in total. The minimum atomic E-state index is 0.493. The SMILES string of the molecule is CCCC1(Cc2ccco2)CNC1. The highest BCUT2D eigenvalue weighted by Crippen LogP contribution is 2.32. The molecule has 1 aliphatic rings. The van der Waals surface area contributed by atoms with E-state index in [0.29, 0.717) is 5.41 Å². The molecule has 1 aromatic heterocycles. The molecule has 2 rings (SSSR count). The molecule has 2 heteroatoms. The van der Waals surface area contributed by atoms with Crippen molar-refractivity contribution >= 4 is 0 Å². The van der Waals surface area contributed by atoms with E-state index in [4.69, 9.17) is 4.42 Å². The first-order valence-electron chi connectivity index (χ1n) is 5.08. The normalized spacial score (nSPS) is 19.8. The van der Waals surface area contributed by atoms with Gasteiger partial charge >= 0.3 is 0 Å². The zero-order chi connectivity index (χ0) is 9.15. The van der Waals surface area contributed by atoms with E-state index >= 15 is 0 Å². The summed E-state index contributed by atoms with van der Waals surface area (Å²) in [5, 5.41) is 3.36. The quantitative estimate of drug-likeness (QED) is 0.766. The zero-order valence-corrected chi connectivity index (χ0v) is 8.18. The molecule has 1 aromatic rings. The van der Waals surface area contributed by atoms with Gasteiger partial charge in [0.05, 0.1) is 6.26 Å². The number of rotatable bonds is 4. The van der Waals surface area contributed by atoms with Crippen LogP contribution in [-0.4, -0.2) is 13.1 Å². The fourth-order valence-corrected chi connectivity index (χ4v) is 2.18. The molecule has 0 bridgehead atoms. The summed E-state index contributed by atoms with van der Waals surface area (Å²) in [7, 11) is 0. The molecule has 1 aliphatic heterocycles. The Bertz CT molecular complexity index is 249. The largest absolute Gasteiger partial charge is 0.469 e. The van der Waals surface area contributed by atoms with E-state index < -0.39 is 0 Å². The number of hydrogen-bond donors (Lipinski definition) is 1. The predicted octanol–water partition coefficient (Wildman–Crippen LogP) is 2.21. The molecule has 72 valence electrons. The van der Waals surface area contributed by atoms with E-state index in [1.54, 1.807) is 6.26 Å². The minimum Gasteiger partial charge on any atom is -0.469 e. The Hall–Kier alpha value is -0.760. The van der Waals surface area contributed by atoms with Gasteiger partial charge in [0.25, 0.3) is 0 Å². The Balaban J connectivity index is 1.98. The van der Waals surface area contributed by atoms with Crippen molar-refractivity contribution in [2.75, 3.05) is 13.1 Å². The van der Waals surface area contributed by atoms with Crippen LogP contribution in [0.3, 0.4) is 0 Å². The summed E-state index contributed by atoms with van der Waals surface area (Å²) in [5.41, 5.74) is 0.493. The Kier molecular flexibility index (Phi) is 2.40. The van der Waals surface area contributed by atoms with E-state index in [9.17, 15) is 0 Å². The first-order valence-corrected chi connectivity index (χ1v) is 5.08. The molecule has 1 saturated heterocycles. The van der Waals surface area contributed by atoms with E-state index in [2.05, 4.69) is 18.3 Å². The van der Waals surface area contributed by atoms with Crippen molar-refractivity contribution in [3.8, 4) is 0 Å². The summed E-state index contributed by atoms with van der Waals surface area (Å²) in [6.07, 6.45) is 5.44. The molecule has 2 heterocycles. The molecule has 1 fully saturated rings. The second-order valence-electron chi connectivity index (χ2n) is 4.11. The Labute approximate surface area is 79.3 Å². The monoisotopic (exact) mass is 179 g/mol. The Morgan fingerprint density at radius 1 is 1.54 bits per heavy atom. The van der Waals surface area contributed by atoms with Gasteiger partial charge in [0.15, 0.2) is 0 Å². The molecule has 0 radical (unpaired) electrons. The van der Waals surface area contributed by atoms with Crippen molar-refractivity contribution in [3.63, 3.8) is 0 Å². The Morgan fingerprint density at radius 2 is 2.38 bits per heavy atom. The van der Waals surface area contributed by atoms with Gasteiger partial charge in [0.2, 0.25) is 0 Å². The van der Waals surface area contributed by atoms with Gasteiger partial charge in [0.1, 0.15) is 5.76 Å². The highest BCUT2D eigenvalue weighted by Gasteiger charge is 2.36. The van der Waals surface area contributed by atoms with Gasteiger partial charge in [-0.05, 0) is 18.6 Å². The van der Waals surface area contributed by atoms with Gasteiger partial charge in [0, 0.05) is 24.9 Å². The number of nitrogens with one attached hydrogen (secondary N) is 1. The molecular weight excluding hydrogens is 162 g/mol.